The first-order valence-electron chi connectivity index (χ1n) is 8.51. The number of hydrogen-bond acceptors (Lipinski definition) is 2. The zero-order valence-electron chi connectivity index (χ0n) is 14.4. The number of benzene rings is 1. The molecule has 0 amide bonds. The monoisotopic (exact) mass is 293 g/mol. The third-order valence-electron chi connectivity index (χ3n) is 4.16. The van der Waals surface area contributed by atoms with Crippen LogP contribution in [0.3, 0.4) is 0 Å². The van der Waals surface area contributed by atoms with Crippen LogP contribution in [0.5, 0.6) is 0 Å². The van der Waals surface area contributed by atoms with Crippen LogP contribution in [0.2, 0.25) is 0 Å². The van der Waals surface area contributed by atoms with Gasteiger partial charge < -0.3 is 11.3 Å². The molecule has 1 aromatic rings. The Morgan fingerprint density at radius 2 is 1.14 bits per heavy atom. The van der Waals surface area contributed by atoms with E-state index in [1.54, 1.807) is 5.56 Å². The van der Waals surface area contributed by atoms with Crippen LogP contribution in [0.25, 0.3) is 0 Å². The highest BCUT2D eigenvalue weighted by molar-refractivity contribution is 5.41. The number of rotatable bonds is 10. The number of unbranched alkanes of at least 4 members (excludes halogenated alkanes) is 3. The predicted octanol–water partition coefficient (Wildman–Crippen LogP) is 5.37. The van der Waals surface area contributed by atoms with E-state index in [0.717, 1.165) is 12.0 Å². The lowest BCUT2D eigenvalue weighted by Crippen LogP contribution is -2.06. The Bertz CT molecular complexity index is 387. The van der Waals surface area contributed by atoms with E-state index in [1.165, 1.54) is 62.5 Å². The molecule has 0 bridgehead atoms. The molecule has 0 fully saturated rings. The van der Waals surface area contributed by atoms with Crippen molar-refractivity contribution in [2.75, 3.05) is 0 Å². The van der Waals surface area contributed by atoms with Crippen LogP contribution in [0.4, 0.5) is 0 Å². The summed E-state index contributed by atoms with van der Waals surface area (Å²) in [6.07, 6.45) is 11.0. The Morgan fingerprint density at radius 3 is 1.62 bits per heavy atom. The van der Waals surface area contributed by atoms with Gasteiger partial charge in [-0.1, -0.05) is 52.2 Å². The average Bonchev–Trinajstić information content (AvgIpc) is 2.48. The van der Waals surface area contributed by atoms with Gasteiger partial charge in [-0.15, -0.1) is 0 Å². The Hall–Kier alpha value is -0.860. The molecule has 0 aliphatic carbocycles. The molecule has 0 saturated carbocycles. The summed E-state index contributed by atoms with van der Waals surface area (Å²) in [7, 11) is 0. The van der Waals surface area contributed by atoms with Gasteiger partial charge in [0.2, 0.25) is 0 Å². The first kappa shape index (κ1) is 20.1. The molecule has 0 unspecified atom stereocenters. The van der Waals surface area contributed by atoms with Crippen molar-refractivity contribution >= 4 is 0 Å². The quantitative estimate of drug-likeness (QED) is 0.609. The van der Waals surface area contributed by atoms with Crippen molar-refractivity contribution in [3.63, 3.8) is 0 Å². The number of aliphatic hydroxyl groups is 1. The summed E-state index contributed by atoms with van der Waals surface area (Å²) in [5.41, 5.74) is 5.70. The van der Waals surface area contributed by atoms with Gasteiger partial charge in [0.05, 0.1) is 6.61 Å². The third-order valence-corrected chi connectivity index (χ3v) is 4.16. The van der Waals surface area contributed by atoms with Gasteiger partial charge in [0.15, 0.2) is 0 Å². The molecule has 122 valence electrons. The van der Waals surface area contributed by atoms with Crippen LogP contribution < -0.4 is 6.15 Å². The molecular formula is C19H35NO. The van der Waals surface area contributed by atoms with Gasteiger partial charge in [0.1, 0.15) is 0 Å². The highest BCUT2D eigenvalue weighted by Crippen LogP contribution is 2.25. The molecule has 0 saturated heterocycles. The number of aliphatic hydroxyl groups excluding tert-OH is 1. The summed E-state index contributed by atoms with van der Waals surface area (Å²) in [6, 6.07) is 4.42. The summed E-state index contributed by atoms with van der Waals surface area (Å²) in [6.45, 7) is 6.94. The van der Waals surface area contributed by atoms with E-state index in [0.29, 0.717) is 0 Å². The first-order valence-corrected chi connectivity index (χ1v) is 8.51. The highest BCUT2D eigenvalue weighted by atomic mass is 16.3. The zero-order valence-corrected chi connectivity index (χ0v) is 14.4. The summed E-state index contributed by atoms with van der Waals surface area (Å²) in [4.78, 5) is 0. The lowest BCUT2D eigenvalue weighted by molar-refractivity contribution is 0.280. The standard InChI is InChI=1S/C19H32O.H3N/c1-4-7-10-16-13-14-17(15-20)19(12-9-6-3)18(16)11-8-5-2;/h13-14,20H,4-12,15H2,1-3H3;1H3. The predicted molar refractivity (Wildman–Crippen MR) is 93.2 cm³/mol. The Morgan fingerprint density at radius 1 is 0.714 bits per heavy atom. The second-order valence-electron chi connectivity index (χ2n) is 5.81. The van der Waals surface area contributed by atoms with E-state index in [4.69, 9.17) is 0 Å². The van der Waals surface area contributed by atoms with Gasteiger partial charge in [0.25, 0.3) is 0 Å². The summed E-state index contributed by atoms with van der Waals surface area (Å²) in [5, 5.41) is 9.63. The van der Waals surface area contributed by atoms with Gasteiger partial charge in [-0.2, -0.15) is 0 Å². The van der Waals surface area contributed by atoms with Gasteiger partial charge in [-0.05, 0) is 60.8 Å². The molecule has 0 radical (unpaired) electrons. The van der Waals surface area contributed by atoms with Crippen LogP contribution in [-0.4, -0.2) is 5.11 Å². The molecule has 0 heterocycles. The van der Waals surface area contributed by atoms with E-state index in [2.05, 4.69) is 32.9 Å². The molecule has 2 heteroatoms. The summed E-state index contributed by atoms with van der Waals surface area (Å²) in [5.74, 6) is 0. The maximum atomic E-state index is 9.63. The van der Waals surface area contributed by atoms with Crippen molar-refractivity contribution in [1.29, 1.82) is 0 Å². The molecule has 4 N–H and O–H groups in total. The molecule has 2 nitrogen and oxygen atoms in total. The topological polar surface area (TPSA) is 55.2 Å². The molecule has 0 aliphatic heterocycles. The van der Waals surface area contributed by atoms with Crippen molar-refractivity contribution in [2.24, 2.45) is 0 Å². The molecule has 0 aromatic heterocycles. The lowest BCUT2D eigenvalue weighted by atomic mass is 9.88. The fourth-order valence-corrected chi connectivity index (χ4v) is 2.87. The van der Waals surface area contributed by atoms with E-state index in [-0.39, 0.29) is 12.8 Å². The van der Waals surface area contributed by atoms with Crippen LogP contribution in [0.15, 0.2) is 12.1 Å². The smallest absolute Gasteiger partial charge is 0.0684 e. The molecule has 0 aliphatic rings. The van der Waals surface area contributed by atoms with E-state index < -0.39 is 0 Å². The van der Waals surface area contributed by atoms with E-state index in [1.807, 2.05) is 0 Å². The minimum atomic E-state index is 0. The number of hydrogen-bond donors (Lipinski definition) is 2. The summed E-state index contributed by atoms with van der Waals surface area (Å²) >= 11 is 0. The second kappa shape index (κ2) is 11.8. The second-order valence-corrected chi connectivity index (χ2v) is 5.81. The molecule has 1 rings (SSSR count). The molecular weight excluding hydrogens is 258 g/mol. The maximum Gasteiger partial charge on any atom is 0.0684 e. The van der Waals surface area contributed by atoms with Gasteiger partial charge in [-0.25, -0.2) is 0 Å². The van der Waals surface area contributed by atoms with E-state index in [9.17, 15) is 5.11 Å². The van der Waals surface area contributed by atoms with Crippen LogP contribution in [-0.2, 0) is 25.9 Å². The Kier molecular flexibility index (Phi) is 11.3. The molecule has 1 aromatic carbocycles. The first-order chi connectivity index (χ1) is 9.78. The Balaban J connectivity index is 0.00000400. The highest BCUT2D eigenvalue weighted by Gasteiger charge is 2.12. The molecule has 0 spiro atoms. The minimum absolute atomic E-state index is 0. The zero-order chi connectivity index (χ0) is 14.8. The average molecular weight is 293 g/mol. The summed E-state index contributed by atoms with van der Waals surface area (Å²) < 4.78 is 0. The SMILES string of the molecule is CCCCc1ccc(CO)c(CCCC)c1CCCC.N. The van der Waals surface area contributed by atoms with Gasteiger partial charge in [-0.3, -0.25) is 0 Å². The molecule has 0 atom stereocenters. The van der Waals surface area contributed by atoms with Gasteiger partial charge >= 0.3 is 0 Å². The fraction of sp³-hybridized carbons (Fsp3) is 0.684. The van der Waals surface area contributed by atoms with Crippen molar-refractivity contribution < 1.29 is 5.11 Å². The van der Waals surface area contributed by atoms with Crippen LogP contribution in [0, 0.1) is 0 Å². The van der Waals surface area contributed by atoms with Crippen molar-refractivity contribution in [2.45, 2.75) is 85.2 Å². The van der Waals surface area contributed by atoms with Crippen molar-refractivity contribution in [3.8, 4) is 0 Å². The van der Waals surface area contributed by atoms with Crippen LogP contribution >= 0.6 is 0 Å². The molecule has 21 heavy (non-hydrogen) atoms. The maximum absolute atomic E-state index is 9.63. The third kappa shape index (κ3) is 6.19. The number of aryl methyl sites for hydroxylation is 1. The largest absolute Gasteiger partial charge is 0.392 e. The van der Waals surface area contributed by atoms with Crippen molar-refractivity contribution in [1.82, 2.24) is 6.15 Å². The van der Waals surface area contributed by atoms with Crippen LogP contribution in [0.1, 0.15) is 81.5 Å². The fourth-order valence-electron chi connectivity index (χ4n) is 2.87. The lowest BCUT2D eigenvalue weighted by Gasteiger charge is -2.18. The Labute approximate surface area is 131 Å². The van der Waals surface area contributed by atoms with E-state index >= 15 is 0 Å². The minimum Gasteiger partial charge on any atom is -0.392 e. The van der Waals surface area contributed by atoms with Gasteiger partial charge in [0, 0.05) is 0 Å². The normalized spacial score (nSPS) is 10.5. The van der Waals surface area contributed by atoms with Crippen molar-refractivity contribution in [3.05, 3.63) is 34.4 Å².